The van der Waals surface area contributed by atoms with E-state index in [0.717, 1.165) is 18.7 Å². The number of hydrogen-bond acceptors (Lipinski definition) is 5. The first-order valence-electron chi connectivity index (χ1n) is 8.60. The second kappa shape index (κ2) is 8.47. The van der Waals surface area contributed by atoms with Crippen molar-refractivity contribution < 1.29 is 18.7 Å². The van der Waals surface area contributed by atoms with Crippen molar-refractivity contribution in [2.45, 2.75) is 19.3 Å². The molecule has 0 aliphatic carbocycles. The van der Waals surface area contributed by atoms with Crippen LogP contribution < -0.4 is 9.47 Å². The number of rotatable bonds is 5. The van der Waals surface area contributed by atoms with Crippen molar-refractivity contribution in [1.82, 2.24) is 5.01 Å². The fraction of sp³-hybridized carbons (Fsp3) is 0.300. The fourth-order valence-electron chi connectivity index (χ4n) is 2.73. The third-order valence-electron chi connectivity index (χ3n) is 4.17. The highest BCUT2D eigenvalue weighted by Crippen LogP contribution is 2.28. The van der Waals surface area contributed by atoms with Crippen LogP contribution in [0.3, 0.4) is 0 Å². The molecule has 136 valence electrons. The van der Waals surface area contributed by atoms with Gasteiger partial charge in [-0.15, -0.1) is 0 Å². The van der Waals surface area contributed by atoms with Crippen molar-refractivity contribution in [2.75, 3.05) is 20.2 Å². The first kappa shape index (κ1) is 17.9. The third-order valence-corrected chi connectivity index (χ3v) is 4.17. The number of carbonyl (C=O) groups excluding carboxylic acids is 1. The number of piperidine rings is 1. The molecule has 0 radical (unpaired) electrons. The topological polar surface area (TPSA) is 51.1 Å². The van der Waals surface area contributed by atoms with E-state index in [1.165, 1.54) is 50.6 Å². The summed E-state index contributed by atoms with van der Waals surface area (Å²) in [6.07, 6.45) is 5.37. The number of carbonyl (C=O) groups is 1. The number of ether oxygens (including phenoxy) is 2. The lowest BCUT2D eigenvalue weighted by molar-refractivity contribution is 0.0729. The average Bonchev–Trinajstić information content (AvgIpc) is 2.68. The van der Waals surface area contributed by atoms with Crippen LogP contribution in [0, 0.1) is 5.82 Å². The van der Waals surface area contributed by atoms with E-state index in [2.05, 4.69) is 10.1 Å². The van der Waals surface area contributed by atoms with Crippen LogP contribution in [0.5, 0.6) is 11.5 Å². The smallest absolute Gasteiger partial charge is 0.343 e. The molecule has 1 heterocycles. The van der Waals surface area contributed by atoms with Crippen molar-refractivity contribution >= 4 is 12.2 Å². The molecular formula is C20H21FN2O3. The number of hydrazone groups is 1. The minimum absolute atomic E-state index is 0.268. The zero-order valence-corrected chi connectivity index (χ0v) is 14.7. The Morgan fingerprint density at radius 3 is 2.50 bits per heavy atom. The standard InChI is InChI=1S/C20H21FN2O3/c1-25-19-13-15(14-22-23-11-3-2-4-12-23)5-10-18(19)26-20(24)16-6-8-17(21)9-7-16/h5-10,13-14H,2-4,11-12H2,1H3/b22-14+. The number of nitrogens with zero attached hydrogens (tertiary/aromatic N) is 2. The molecule has 5 nitrogen and oxygen atoms in total. The van der Waals surface area contributed by atoms with E-state index in [-0.39, 0.29) is 5.56 Å². The first-order valence-corrected chi connectivity index (χ1v) is 8.60. The van der Waals surface area contributed by atoms with E-state index >= 15 is 0 Å². The van der Waals surface area contributed by atoms with Gasteiger partial charge in [-0.3, -0.25) is 5.01 Å². The molecule has 0 spiro atoms. The molecule has 0 bridgehead atoms. The Morgan fingerprint density at radius 1 is 1.08 bits per heavy atom. The summed E-state index contributed by atoms with van der Waals surface area (Å²) in [7, 11) is 1.51. The fourth-order valence-corrected chi connectivity index (χ4v) is 2.73. The van der Waals surface area contributed by atoms with Gasteiger partial charge in [0.25, 0.3) is 0 Å². The van der Waals surface area contributed by atoms with Crippen LogP contribution in [-0.4, -0.2) is 37.4 Å². The molecule has 0 unspecified atom stereocenters. The van der Waals surface area contributed by atoms with Crippen LogP contribution in [0.25, 0.3) is 0 Å². The largest absolute Gasteiger partial charge is 0.493 e. The SMILES string of the molecule is COc1cc(/C=N/N2CCCCC2)ccc1OC(=O)c1ccc(F)cc1. The zero-order chi connectivity index (χ0) is 18.4. The molecule has 26 heavy (non-hydrogen) atoms. The highest BCUT2D eigenvalue weighted by Gasteiger charge is 2.13. The van der Waals surface area contributed by atoms with Gasteiger partial charge in [0, 0.05) is 13.1 Å². The molecule has 0 saturated carbocycles. The van der Waals surface area contributed by atoms with Gasteiger partial charge in [0.2, 0.25) is 0 Å². The predicted molar refractivity (Wildman–Crippen MR) is 97.4 cm³/mol. The Kier molecular flexibility index (Phi) is 5.84. The molecular weight excluding hydrogens is 335 g/mol. The molecule has 0 aromatic heterocycles. The molecule has 1 aliphatic heterocycles. The van der Waals surface area contributed by atoms with Gasteiger partial charge in [-0.2, -0.15) is 5.10 Å². The predicted octanol–water partition coefficient (Wildman–Crippen LogP) is 3.87. The summed E-state index contributed by atoms with van der Waals surface area (Å²) in [6, 6.07) is 10.4. The number of esters is 1. The van der Waals surface area contributed by atoms with E-state index in [1.54, 1.807) is 18.3 Å². The van der Waals surface area contributed by atoms with Crippen LogP contribution in [0.15, 0.2) is 47.6 Å². The van der Waals surface area contributed by atoms with E-state index < -0.39 is 11.8 Å². The highest BCUT2D eigenvalue weighted by molar-refractivity contribution is 5.91. The molecule has 1 fully saturated rings. The number of benzene rings is 2. The maximum Gasteiger partial charge on any atom is 0.343 e. The molecule has 0 atom stereocenters. The molecule has 2 aromatic carbocycles. The van der Waals surface area contributed by atoms with Crippen LogP contribution in [-0.2, 0) is 0 Å². The van der Waals surface area contributed by atoms with Gasteiger partial charge in [0.05, 0.1) is 18.9 Å². The van der Waals surface area contributed by atoms with Crippen LogP contribution in [0.1, 0.15) is 35.2 Å². The van der Waals surface area contributed by atoms with Gasteiger partial charge < -0.3 is 9.47 Å². The van der Waals surface area contributed by atoms with Crippen LogP contribution >= 0.6 is 0 Å². The van der Waals surface area contributed by atoms with E-state index in [1.807, 2.05) is 6.07 Å². The van der Waals surface area contributed by atoms with Crippen molar-refractivity contribution in [3.05, 3.63) is 59.4 Å². The molecule has 6 heteroatoms. The van der Waals surface area contributed by atoms with Crippen molar-refractivity contribution in [3.8, 4) is 11.5 Å². The molecule has 3 rings (SSSR count). The highest BCUT2D eigenvalue weighted by atomic mass is 19.1. The molecule has 2 aromatic rings. The Morgan fingerprint density at radius 2 is 1.81 bits per heavy atom. The maximum atomic E-state index is 13.0. The van der Waals surface area contributed by atoms with Crippen LogP contribution in [0.4, 0.5) is 4.39 Å². The van der Waals surface area contributed by atoms with Gasteiger partial charge in [-0.05, 0) is 67.3 Å². The van der Waals surface area contributed by atoms with Crippen LogP contribution in [0.2, 0.25) is 0 Å². The Bertz CT molecular complexity index is 784. The molecule has 0 N–H and O–H groups in total. The van der Waals surface area contributed by atoms with Gasteiger partial charge in [-0.25, -0.2) is 9.18 Å². The molecule has 1 aliphatic rings. The number of methoxy groups -OCH3 is 1. The van der Waals surface area contributed by atoms with Crippen molar-refractivity contribution in [2.24, 2.45) is 5.10 Å². The Labute approximate surface area is 152 Å². The lowest BCUT2D eigenvalue weighted by Gasteiger charge is -2.23. The summed E-state index contributed by atoms with van der Waals surface area (Å²) < 4.78 is 23.7. The minimum atomic E-state index is -0.571. The summed E-state index contributed by atoms with van der Waals surface area (Å²) in [5, 5.41) is 6.54. The summed E-state index contributed by atoms with van der Waals surface area (Å²) in [5.41, 5.74) is 1.12. The summed E-state index contributed by atoms with van der Waals surface area (Å²) >= 11 is 0. The second-order valence-corrected chi connectivity index (χ2v) is 6.07. The minimum Gasteiger partial charge on any atom is -0.493 e. The summed E-state index contributed by atoms with van der Waals surface area (Å²) in [5.74, 6) is -0.241. The Balaban J connectivity index is 1.70. The third kappa shape index (κ3) is 4.59. The second-order valence-electron chi connectivity index (χ2n) is 6.07. The summed E-state index contributed by atoms with van der Waals surface area (Å²) in [4.78, 5) is 12.2. The summed E-state index contributed by atoms with van der Waals surface area (Å²) in [6.45, 7) is 1.95. The van der Waals surface area contributed by atoms with E-state index in [4.69, 9.17) is 9.47 Å². The molecule has 1 saturated heterocycles. The van der Waals surface area contributed by atoms with Crippen molar-refractivity contribution in [1.29, 1.82) is 0 Å². The zero-order valence-electron chi connectivity index (χ0n) is 14.7. The van der Waals surface area contributed by atoms with Gasteiger partial charge in [-0.1, -0.05) is 0 Å². The quantitative estimate of drug-likeness (QED) is 0.464. The van der Waals surface area contributed by atoms with E-state index in [0.29, 0.717) is 11.5 Å². The van der Waals surface area contributed by atoms with Gasteiger partial charge in [0.1, 0.15) is 5.82 Å². The normalized spacial score (nSPS) is 14.5. The maximum absolute atomic E-state index is 13.0. The number of hydrogen-bond donors (Lipinski definition) is 0. The lowest BCUT2D eigenvalue weighted by atomic mass is 10.2. The monoisotopic (exact) mass is 356 g/mol. The number of halogens is 1. The van der Waals surface area contributed by atoms with Gasteiger partial charge in [0.15, 0.2) is 11.5 Å². The molecule has 0 amide bonds. The first-order chi connectivity index (χ1) is 12.7. The lowest BCUT2D eigenvalue weighted by Crippen LogP contribution is -2.24. The van der Waals surface area contributed by atoms with E-state index in [9.17, 15) is 9.18 Å². The Hall–Kier alpha value is -2.89. The van der Waals surface area contributed by atoms with Crippen molar-refractivity contribution in [3.63, 3.8) is 0 Å². The van der Waals surface area contributed by atoms with Gasteiger partial charge >= 0.3 is 5.97 Å². The average molecular weight is 356 g/mol.